The number of piperidine rings is 1. The van der Waals surface area contributed by atoms with E-state index in [0.29, 0.717) is 25.6 Å². The van der Waals surface area contributed by atoms with Gasteiger partial charge in [0.1, 0.15) is 11.6 Å². The Kier molecular flexibility index (Phi) is 14.9. The van der Waals surface area contributed by atoms with Gasteiger partial charge >= 0.3 is 12.0 Å². The minimum absolute atomic E-state index is 0.0842. The number of carbonyl (C=O) groups excluding carboxylic acids is 1. The van der Waals surface area contributed by atoms with E-state index in [2.05, 4.69) is 31.1 Å². The third kappa shape index (κ3) is 12.6. The fraction of sp³-hybridized carbons (Fsp3) is 0.517. The molecular formula is C29H45FN3O6P. The fourth-order valence-corrected chi connectivity index (χ4v) is 3.91. The average Bonchev–Trinajstić information content (AvgIpc) is 2.96. The topological polar surface area (TPSA) is 123 Å². The molecule has 1 aliphatic rings. The summed E-state index contributed by atoms with van der Waals surface area (Å²) in [5.74, 6) is -0.349. The zero-order chi connectivity index (χ0) is 30.9. The van der Waals surface area contributed by atoms with Crippen LogP contribution in [0.1, 0.15) is 44.7 Å². The van der Waals surface area contributed by atoms with Gasteiger partial charge in [0.25, 0.3) is 0 Å². The number of carboxylic acids is 1. The first kappa shape index (κ1) is 33.4. The maximum atomic E-state index is 13.3. The van der Waals surface area contributed by atoms with Crippen molar-refractivity contribution >= 4 is 21.8 Å². The Hall–Kier alpha value is -2.78. The van der Waals surface area contributed by atoms with Crippen molar-refractivity contribution in [1.29, 1.82) is 1.28 Å². The maximum Gasteiger partial charge on any atom is 0.335 e. The van der Waals surface area contributed by atoms with Crippen molar-refractivity contribution in [1.82, 2.24) is 15.1 Å². The van der Waals surface area contributed by atoms with E-state index in [-0.39, 0.29) is 17.9 Å². The predicted octanol–water partition coefficient (Wildman–Crippen LogP) is 3.54. The molecule has 1 saturated heterocycles. The van der Waals surface area contributed by atoms with E-state index in [0.717, 1.165) is 42.8 Å². The lowest BCUT2D eigenvalue weighted by Gasteiger charge is -2.37. The molecule has 2 aromatic rings. The van der Waals surface area contributed by atoms with Crippen LogP contribution in [0.15, 0.2) is 48.5 Å². The van der Waals surface area contributed by atoms with Crippen molar-refractivity contribution in [2.75, 3.05) is 26.7 Å². The Morgan fingerprint density at radius 2 is 1.62 bits per heavy atom. The molecule has 9 nitrogen and oxygen atoms in total. The van der Waals surface area contributed by atoms with Crippen LogP contribution >= 0.6 is 9.84 Å². The lowest BCUT2D eigenvalue weighted by molar-refractivity contribution is -0.151. The number of aliphatic hydroxyl groups excluding tert-OH is 2. The smallest absolute Gasteiger partial charge is 0.335 e. The molecule has 1 heterocycles. The number of aliphatic hydroxyl groups is 2. The van der Waals surface area contributed by atoms with E-state index in [9.17, 15) is 14.0 Å². The zero-order valence-electron chi connectivity index (χ0n) is 24.8. The van der Waals surface area contributed by atoms with E-state index in [4.69, 9.17) is 21.3 Å². The van der Waals surface area contributed by atoms with Gasteiger partial charge in [-0.25, -0.2) is 14.0 Å². The molecule has 3 rings (SSSR count). The predicted molar refractivity (Wildman–Crippen MR) is 158 cm³/mol. The minimum atomic E-state index is -1.66. The highest BCUT2D eigenvalue weighted by Gasteiger charge is 2.27. The SMILES string of the molecule is CC(C)COc1ccc(CNC(=O)N(Cc2ccc(F)cc2)C2CCN(C)CC2)cc1.C[C@H](O)[C@@H](O)C(=O)O.[3H]P. The molecule has 1 unspecified atom stereocenters. The number of halogens is 1. The monoisotopic (exact) mass is 583 g/mol. The lowest BCUT2D eigenvalue weighted by Crippen LogP contribution is -2.49. The molecule has 0 bridgehead atoms. The number of likely N-dealkylation sites (tertiary alicyclic amines) is 1. The third-order valence-corrected chi connectivity index (χ3v) is 6.32. The molecule has 4 N–H and O–H groups in total. The van der Waals surface area contributed by atoms with Crippen molar-refractivity contribution in [2.24, 2.45) is 5.92 Å². The van der Waals surface area contributed by atoms with Gasteiger partial charge in [-0.2, -0.15) is 9.84 Å². The molecule has 1 aliphatic heterocycles. The average molecular weight is 584 g/mol. The van der Waals surface area contributed by atoms with Gasteiger partial charge in [0, 0.05) is 19.1 Å². The lowest BCUT2D eigenvalue weighted by atomic mass is 10.0. The van der Waals surface area contributed by atoms with Crippen molar-refractivity contribution in [3.8, 4) is 5.75 Å². The van der Waals surface area contributed by atoms with Gasteiger partial charge in [0.15, 0.2) is 6.10 Å². The van der Waals surface area contributed by atoms with Crippen molar-refractivity contribution in [2.45, 2.75) is 65.0 Å². The summed E-state index contributed by atoms with van der Waals surface area (Å²) in [7, 11) is 3.77. The van der Waals surface area contributed by atoms with Crippen LogP contribution in [0.3, 0.4) is 0 Å². The molecule has 0 aromatic heterocycles. The number of hydrogen-bond acceptors (Lipinski definition) is 6. The van der Waals surface area contributed by atoms with E-state index < -0.39 is 18.2 Å². The first-order valence-electron chi connectivity index (χ1n) is 13.8. The van der Waals surface area contributed by atoms with Crippen molar-refractivity contribution in [3.05, 3.63) is 65.5 Å². The van der Waals surface area contributed by atoms with Gasteiger partial charge in [0.2, 0.25) is 0 Å². The van der Waals surface area contributed by atoms with Crippen LogP contribution in [0.2, 0.25) is 0 Å². The van der Waals surface area contributed by atoms with Gasteiger partial charge in [0.05, 0.1) is 14.0 Å². The Bertz CT molecular complexity index is 1020. The molecule has 40 heavy (non-hydrogen) atoms. The highest BCUT2D eigenvalue weighted by Crippen LogP contribution is 2.19. The first-order chi connectivity index (χ1) is 19.5. The van der Waals surface area contributed by atoms with Crippen LogP contribution in [0.25, 0.3) is 0 Å². The second kappa shape index (κ2) is 17.8. The number of ether oxygens (including phenoxy) is 1. The maximum absolute atomic E-state index is 13.3. The number of rotatable bonds is 10. The number of aliphatic carboxylic acids is 1. The van der Waals surface area contributed by atoms with E-state index in [1.165, 1.54) is 19.1 Å². The Labute approximate surface area is 241 Å². The highest BCUT2D eigenvalue weighted by molar-refractivity contribution is 6.92. The minimum Gasteiger partial charge on any atom is -0.493 e. The van der Waals surface area contributed by atoms with Gasteiger partial charge in [-0.3, -0.25) is 0 Å². The van der Waals surface area contributed by atoms with Crippen LogP contribution in [0.5, 0.6) is 5.75 Å². The molecule has 3 atom stereocenters. The number of carboxylic acid groups (broad SMARTS) is 1. The second-order valence-electron chi connectivity index (χ2n) is 10.3. The Morgan fingerprint density at radius 3 is 2.10 bits per heavy atom. The summed E-state index contributed by atoms with van der Waals surface area (Å²) in [6.45, 7) is 8.99. The standard InChI is InChI=1S/C25H34FN3O2.C4H8O4.H3P/c1-19(2)18-31-24-10-6-20(7-11-24)16-27-25(30)29(23-12-14-28(3)15-13-23)17-21-4-8-22(26)9-5-21;1-2(5)3(6)4(7)8;/h4-11,19,23H,12-18H2,1-3H3,(H,27,30);2-3,5-6H,1H3,(H,7,8);1H3/t;2-,3+;/m.0./s1/i;;1T. The van der Waals surface area contributed by atoms with E-state index in [1.54, 1.807) is 22.0 Å². The van der Waals surface area contributed by atoms with Crippen LogP contribution in [0.4, 0.5) is 9.18 Å². The molecular weight excluding hydrogens is 536 g/mol. The van der Waals surface area contributed by atoms with Crippen LogP contribution in [-0.2, 0) is 17.9 Å². The Morgan fingerprint density at radius 1 is 1.07 bits per heavy atom. The molecule has 0 spiro atoms. The summed E-state index contributed by atoms with van der Waals surface area (Å²) in [6.07, 6.45) is -0.984. The number of benzene rings is 2. The first-order valence-corrected chi connectivity index (χ1v) is 13.2. The molecule has 1 fully saturated rings. The van der Waals surface area contributed by atoms with Gasteiger partial charge in [-0.1, -0.05) is 38.1 Å². The molecule has 0 saturated carbocycles. The van der Waals surface area contributed by atoms with Gasteiger partial charge in [-0.15, -0.1) is 0 Å². The number of amides is 2. The highest BCUT2D eigenvalue weighted by atomic mass is 31.0. The largest absolute Gasteiger partial charge is 0.493 e. The summed E-state index contributed by atoms with van der Waals surface area (Å²) >= 11 is 0. The number of urea groups is 1. The molecule has 11 heteroatoms. The molecule has 224 valence electrons. The van der Waals surface area contributed by atoms with Crippen LogP contribution in [0, 0.1) is 11.7 Å². The van der Waals surface area contributed by atoms with Crippen molar-refractivity contribution in [3.63, 3.8) is 0 Å². The van der Waals surface area contributed by atoms with Gasteiger partial charge < -0.3 is 35.2 Å². The quantitative estimate of drug-likeness (QED) is 0.316. The summed E-state index contributed by atoms with van der Waals surface area (Å²) < 4.78 is 24.7. The summed E-state index contributed by atoms with van der Waals surface area (Å²) in [6, 6.07) is 14.3. The normalized spacial score (nSPS) is 15.4. The van der Waals surface area contributed by atoms with E-state index in [1.807, 2.05) is 29.2 Å². The van der Waals surface area contributed by atoms with E-state index >= 15 is 0 Å². The summed E-state index contributed by atoms with van der Waals surface area (Å²) in [5, 5.41) is 27.7. The second-order valence-corrected chi connectivity index (χ2v) is 10.3. The molecule has 2 aromatic carbocycles. The van der Waals surface area contributed by atoms with Crippen LogP contribution < -0.4 is 10.1 Å². The third-order valence-electron chi connectivity index (χ3n) is 6.32. The Balaban J connectivity index is 0.000000725. The zero-order valence-corrected chi connectivity index (χ0v) is 24.9. The number of carbonyl (C=O) groups is 2. The van der Waals surface area contributed by atoms with Gasteiger partial charge in [-0.05, 0) is 81.2 Å². The molecule has 0 radical (unpaired) electrons. The summed E-state index contributed by atoms with van der Waals surface area (Å²) in [4.78, 5) is 27.0. The molecule has 0 aliphatic carbocycles. The number of nitrogens with zero attached hydrogens (tertiary/aromatic N) is 2. The number of nitrogens with one attached hydrogen (secondary N) is 1. The summed E-state index contributed by atoms with van der Waals surface area (Å²) in [5.41, 5.74) is 1.96. The fourth-order valence-electron chi connectivity index (χ4n) is 3.91. The van der Waals surface area contributed by atoms with Crippen molar-refractivity contribution < 1.29 is 34.0 Å². The molecule has 2 amide bonds. The van der Waals surface area contributed by atoms with Crippen LogP contribution in [-0.4, -0.2) is 83.4 Å². The number of hydrogen-bond donors (Lipinski definition) is 4.